The monoisotopic (exact) mass is 265 g/mol. The molecule has 2 aromatic carbocycles. The third-order valence-electron chi connectivity index (χ3n) is 4.31. The maximum atomic E-state index is 6.24. The van der Waals surface area contributed by atoms with Crippen molar-refractivity contribution in [2.45, 2.75) is 31.3 Å². The van der Waals surface area contributed by atoms with Crippen molar-refractivity contribution in [2.24, 2.45) is 0 Å². The van der Waals surface area contributed by atoms with Crippen LogP contribution in [0.1, 0.15) is 29.9 Å². The molecule has 2 unspecified atom stereocenters. The van der Waals surface area contributed by atoms with Gasteiger partial charge in [-0.05, 0) is 37.5 Å². The first-order chi connectivity index (χ1) is 9.92. The number of fused-ring (bicyclic) bond motifs is 2. The second-order valence-corrected chi connectivity index (χ2v) is 5.49. The molecule has 0 aromatic heterocycles. The number of para-hydroxylation sites is 1. The number of hydrogen-bond donors (Lipinski definition) is 0. The second-order valence-electron chi connectivity index (χ2n) is 5.49. The lowest BCUT2D eigenvalue weighted by molar-refractivity contribution is 0.118. The third kappa shape index (κ3) is 1.96. The molecular weight excluding hydrogens is 248 g/mol. The van der Waals surface area contributed by atoms with Gasteiger partial charge in [-0.25, -0.2) is 0 Å². The average Bonchev–Trinajstić information content (AvgIpc) is 2.54. The molecule has 2 heterocycles. The zero-order valence-corrected chi connectivity index (χ0v) is 11.3. The van der Waals surface area contributed by atoms with Gasteiger partial charge in [0.05, 0.1) is 6.61 Å². The Kier molecular flexibility index (Phi) is 2.87. The highest BCUT2D eigenvalue weighted by Gasteiger charge is 2.32. The third-order valence-corrected chi connectivity index (χ3v) is 4.31. The predicted octanol–water partition coefficient (Wildman–Crippen LogP) is 3.75. The fraction of sp³-hybridized carbons (Fsp3) is 0.333. The summed E-state index contributed by atoms with van der Waals surface area (Å²) in [5.41, 5.74) is 2.51. The van der Waals surface area contributed by atoms with Gasteiger partial charge in [0.25, 0.3) is 0 Å². The Morgan fingerprint density at radius 3 is 2.90 bits per heavy atom. The summed E-state index contributed by atoms with van der Waals surface area (Å²) in [5.74, 6) is 2.47. The summed E-state index contributed by atoms with van der Waals surface area (Å²) in [4.78, 5) is 0. The Bertz CT molecular complexity index is 620. The van der Waals surface area contributed by atoms with Crippen LogP contribution in [0.4, 0.5) is 0 Å². The van der Waals surface area contributed by atoms with E-state index in [4.69, 9.17) is 9.47 Å². The average molecular weight is 265 g/mol. The van der Waals surface area contributed by atoms with Crippen molar-refractivity contribution < 1.29 is 9.47 Å². The SMILES string of the molecule is [c]1cccc2c1CCC(C1CCOc3ccccc31)O2. The van der Waals surface area contributed by atoms with E-state index in [1.165, 1.54) is 11.1 Å². The van der Waals surface area contributed by atoms with Crippen LogP contribution >= 0.6 is 0 Å². The molecule has 2 aliphatic rings. The predicted molar refractivity (Wildman–Crippen MR) is 77.3 cm³/mol. The van der Waals surface area contributed by atoms with E-state index in [0.29, 0.717) is 5.92 Å². The summed E-state index contributed by atoms with van der Waals surface area (Å²) in [6.45, 7) is 0.787. The summed E-state index contributed by atoms with van der Waals surface area (Å²) >= 11 is 0. The summed E-state index contributed by atoms with van der Waals surface area (Å²) in [6, 6.07) is 17.7. The van der Waals surface area contributed by atoms with Gasteiger partial charge in [0, 0.05) is 17.0 Å². The van der Waals surface area contributed by atoms with E-state index in [1.54, 1.807) is 0 Å². The first-order valence-corrected chi connectivity index (χ1v) is 7.30. The van der Waals surface area contributed by atoms with Crippen LogP contribution in [0.2, 0.25) is 0 Å². The van der Waals surface area contributed by atoms with Gasteiger partial charge in [0.15, 0.2) is 0 Å². The highest BCUT2D eigenvalue weighted by molar-refractivity contribution is 5.40. The molecule has 0 aliphatic carbocycles. The molecule has 0 fully saturated rings. The minimum atomic E-state index is 0.253. The standard InChI is InChI=1S/C18H17O2/c1-3-7-16-13(5-1)9-10-18(20-16)15-11-12-19-17-8-4-2-6-14(15)17/h1-4,6-8,15,18H,9-12H2. The van der Waals surface area contributed by atoms with E-state index in [2.05, 4.69) is 30.3 Å². The topological polar surface area (TPSA) is 18.5 Å². The van der Waals surface area contributed by atoms with Gasteiger partial charge in [-0.3, -0.25) is 0 Å². The van der Waals surface area contributed by atoms with E-state index in [9.17, 15) is 0 Å². The maximum Gasteiger partial charge on any atom is 0.123 e. The Morgan fingerprint density at radius 2 is 1.90 bits per heavy atom. The molecule has 0 amide bonds. The molecule has 0 spiro atoms. The second kappa shape index (κ2) is 4.86. The van der Waals surface area contributed by atoms with E-state index in [1.807, 2.05) is 18.2 Å². The number of benzene rings is 2. The van der Waals surface area contributed by atoms with Gasteiger partial charge in [-0.1, -0.05) is 30.3 Å². The molecule has 0 bridgehead atoms. The van der Waals surface area contributed by atoms with E-state index < -0.39 is 0 Å². The molecule has 2 nitrogen and oxygen atoms in total. The van der Waals surface area contributed by atoms with Crippen molar-refractivity contribution in [3.05, 3.63) is 59.7 Å². The lowest BCUT2D eigenvalue weighted by Crippen LogP contribution is -2.32. The first-order valence-electron chi connectivity index (χ1n) is 7.30. The Labute approximate surface area is 119 Å². The molecule has 2 aliphatic heterocycles. The zero-order chi connectivity index (χ0) is 13.4. The van der Waals surface area contributed by atoms with Crippen LogP contribution in [0.5, 0.6) is 11.5 Å². The van der Waals surface area contributed by atoms with E-state index in [0.717, 1.165) is 37.4 Å². The highest BCUT2D eigenvalue weighted by Crippen LogP contribution is 2.40. The van der Waals surface area contributed by atoms with Gasteiger partial charge < -0.3 is 9.47 Å². The summed E-state index contributed by atoms with van der Waals surface area (Å²) < 4.78 is 12.0. The Balaban J connectivity index is 1.64. The summed E-state index contributed by atoms with van der Waals surface area (Å²) in [7, 11) is 0. The quantitative estimate of drug-likeness (QED) is 0.782. The van der Waals surface area contributed by atoms with Crippen LogP contribution in [-0.4, -0.2) is 12.7 Å². The summed E-state index contributed by atoms with van der Waals surface area (Å²) in [5, 5.41) is 0. The highest BCUT2D eigenvalue weighted by atomic mass is 16.5. The smallest absolute Gasteiger partial charge is 0.123 e. The molecule has 0 N–H and O–H groups in total. The largest absolute Gasteiger partial charge is 0.493 e. The lowest BCUT2D eigenvalue weighted by Gasteiger charge is -2.35. The van der Waals surface area contributed by atoms with Crippen LogP contribution in [-0.2, 0) is 6.42 Å². The first kappa shape index (κ1) is 11.8. The van der Waals surface area contributed by atoms with Gasteiger partial charge >= 0.3 is 0 Å². The van der Waals surface area contributed by atoms with Crippen molar-refractivity contribution in [3.8, 4) is 11.5 Å². The maximum absolute atomic E-state index is 6.24. The fourth-order valence-corrected chi connectivity index (χ4v) is 3.31. The van der Waals surface area contributed by atoms with Crippen molar-refractivity contribution in [2.75, 3.05) is 6.61 Å². The van der Waals surface area contributed by atoms with Crippen molar-refractivity contribution >= 4 is 0 Å². The molecule has 2 aromatic rings. The minimum absolute atomic E-state index is 0.253. The molecule has 4 rings (SSSR count). The van der Waals surface area contributed by atoms with Crippen LogP contribution in [0, 0.1) is 6.07 Å². The van der Waals surface area contributed by atoms with Gasteiger partial charge in [-0.15, -0.1) is 0 Å². The van der Waals surface area contributed by atoms with Crippen LogP contribution < -0.4 is 9.47 Å². The van der Waals surface area contributed by atoms with Gasteiger partial charge in [0.1, 0.15) is 17.6 Å². The number of ether oxygens (including phenoxy) is 2. The van der Waals surface area contributed by atoms with Crippen LogP contribution in [0.25, 0.3) is 0 Å². The van der Waals surface area contributed by atoms with E-state index >= 15 is 0 Å². The molecule has 2 heteroatoms. The zero-order valence-electron chi connectivity index (χ0n) is 11.3. The molecule has 2 atom stereocenters. The van der Waals surface area contributed by atoms with Crippen molar-refractivity contribution in [1.82, 2.24) is 0 Å². The Morgan fingerprint density at radius 1 is 1.00 bits per heavy atom. The molecule has 20 heavy (non-hydrogen) atoms. The van der Waals surface area contributed by atoms with E-state index in [-0.39, 0.29) is 6.10 Å². The van der Waals surface area contributed by atoms with Crippen LogP contribution in [0.15, 0.2) is 42.5 Å². The normalized spacial score (nSPS) is 24.0. The van der Waals surface area contributed by atoms with Crippen LogP contribution in [0.3, 0.4) is 0 Å². The molecule has 101 valence electrons. The number of aryl methyl sites for hydroxylation is 1. The molecule has 0 saturated carbocycles. The van der Waals surface area contributed by atoms with Crippen molar-refractivity contribution in [1.29, 1.82) is 0 Å². The minimum Gasteiger partial charge on any atom is -0.493 e. The van der Waals surface area contributed by atoms with Gasteiger partial charge in [0.2, 0.25) is 0 Å². The van der Waals surface area contributed by atoms with Gasteiger partial charge in [-0.2, -0.15) is 0 Å². The molecule has 1 radical (unpaired) electrons. The fourth-order valence-electron chi connectivity index (χ4n) is 3.31. The molecule has 0 saturated heterocycles. The lowest BCUT2D eigenvalue weighted by atomic mass is 9.84. The Hall–Kier alpha value is -1.96. The number of hydrogen-bond acceptors (Lipinski definition) is 2. The van der Waals surface area contributed by atoms with Crippen molar-refractivity contribution in [3.63, 3.8) is 0 Å². The number of rotatable bonds is 1. The molecular formula is C18H17O2. The summed E-state index contributed by atoms with van der Waals surface area (Å²) in [6.07, 6.45) is 3.41.